The molecule has 1 heteroatoms. The average molecular weight is 220 g/mol. The predicted octanol–water partition coefficient (Wildman–Crippen LogP) is 4.17. The van der Waals surface area contributed by atoms with Crippen molar-refractivity contribution in [3.63, 3.8) is 0 Å². The normalized spacial score (nSPS) is 12.9. The largest absolute Gasteiger partial charge is 0.396 e. The van der Waals surface area contributed by atoms with Crippen LogP contribution in [0.25, 0.3) is 0 Å². The van der Waals surface area contributed by atoms with Crippen LogP contribution in [0.4, 0.5) is 0 Å². The van der Waals surface area contributed by atoms with Crippen molar-refractivity contribution in [2.75, 3.05) is 6.61 Å². The van der Waals surface area contributed by atoms with Gasteiger partial charge in [-0.2, -0.15) is 0 Å². The van der Waals surface area contributed by atoms with Crippen molar-refractivity contribution in [3.8, 4) is 0 Å². The lowest BCUT2D eigenvalue weighted by Gasteiger charge is -1.85. The molecule has 0 radical (unpaired) electrons. The Morgan fingerprint density at radius 1 is 0.688 bits per heavy atom. The minimum absolute atomic E-state index is 0.244. The first-order valence-electron chi connectivity index (χ1n) is 6.12. The maximum Gasteiger partial charge on any atom is 0.0465 e. The van der Waals surface area contributed by atoms with Crippen LogP contribution >= 0.6 is 0 Å². The van der Waals surface area contributed by atoms with E-state index >= 15 is 0 Å². The van der Waals surface area contributed by atoms with E-state index in [1.165, 1.54) is 0 Å². The number of aliphatic hydroxyl groups is 1. The van der Waals surface area contributed by atoms with Gasteiger partial charge in [0.15, 0.2) is 0 Å². The molecule has 1 N–H and O–H groups in total. The highest BCUT2D eigenvalue weighted by Crippen LogP contribution is 1.94. The van der Waals surface area contributed by atoms with Crippen LogP contribution in [-0.4, -0.2) is 11.7 Å². The molecular weight excluding hydrogens is 196 g/mol. The van der Waals surface area contributed by atoms with Crippen molar-refractivity contribution in [3.05, 3.63) is 48.6 Å². The number of rotatable bonds is 9. The number of hydrogen-bond donors (Lipinski definition) is 1. The summed E-state index contributed by atoms with van der Waals surface area (Å²) in [6.45, 7) is 2.39. The Bertz CT molecular complexity index is 234. The first-order valence-corrected chi connectivity index (χ1v) is 6.12. The van der Waals surface area contributed by atoms with Crippen LogP contribution in [0, 0.1) is 0 Å². The van der Waals surface area contributed by atoms with E-state index in [0.717, 1.165) is 32.1 Å². The van der Waals surface area contributed by atoms with Gasteiger partial charge in [0.2, 0.25) is 0 Å². The summed E-state index contributed by atoms with van der Waals surface area (Å²) in [5.41, 5.74) is 0. The molecule has 0 aromatic heterocycles. The summed E-state index contributed by atoms with van der Waals surface area (Å²) in [5, 5.41) is 8.54. The molecule has 0 fully saturated rings. The van der Waals surface area contributed by atoms with Gasteiger partial charge in [-0.15, -0.1) is 0 Å². The van der Waals surface area contributed by atoms with Crippen molar-refractivity contribution in [2.24, 2.45) is 0 Å². The van der Waals surface area contributed by atoms with Crippen molar-refractivity contribution in [1.82, 2.24) is 0 Å². The van der Waals surface area contributed by atoms with E-state index in [1.54, 1.807) is 0 Å². The van der Waals surface area contributed by atoms with E-state index in [9.17, 15) is 0 Å². The maximum absolute atomic E-state index is 8.54. The number of hydrogen-bond acceptors (Lipinski definition) is 1. The predicted molar refractivity (Wildman–Crippen MR) is 72.4 cm³/mol. The minimum atomic E-state index is 0.244. The van der Waals surface area contributed by atoms with Crippen molar-refractivity contribution >= 4 is 0 Å². The minimum Gasteiger partial charge on any atom is -0.396 e. The monoisotopic (exact) mass is 220 g/mol. The molecule has 0 aromatic rings. The maximum atomic E-state index is 8.54. The zero-order chi connectivity index (χ0) is 11.9. The molecule has 0 saturated heterocycles. The highest BCUT2D eigenvalue weighted by atomic mass is 16.2. The van der Waals surface area contributed by atoms with Gasteiger partial charge in [0, 0.05) is 6.61 Å². The molecule has 0 aliphatic heterocycles. The Morgan fingerprint density at radius 2 is 1.12 bits per heavy atom. The average Bonchev–Trinajstić information content (AvgIpc) is 2.31. The summed E-state index contributed by atoms with van der Waals surface area (Å²) >= 11 is 0. The summed E-state index contributed by atoms with van der Waals surface area (Å²) < 4.78 is 0. The number of allylic oxidation sites excluding steroid dienone is 7. The van der Waals surface area contributed by atoms with Gasteiger partial charge in [-0.05, 0) is 32.1 Å². The number of aliphatic hydroxyl groups excluding tert-OH is 1. The molecule has 0 heterocycles. The Hall–Kier alpha value is -1.08. The second kappa shape index (κ2) is 13.9. The van der Waals surface area contributed by atoms with Crippen LogP contribution in [0.5, 0.6) is 0 Å². The van der Waals surface area contributed by atoms with Crippen molar-refractivity contribution < 1.29 is 5.11 Å². The Balaban J connectivity index is 3.36. The molecule has 0 saturated carbocycles. The molecule has 0 unspecified atom stereocenters. The second-order valence-electron chi connectivity index (χ2n) is 3.51. The van der Waals surface area contributed by atoms with E-state index in [1.807, 2.05) is 6.08 Å². The van der Waals surface area contributed by atoms with Gasteiger partial charge in [0.05, 0.1) is 0 Å². The summed E-state index contributed by atoms with van der Waals surface area (Å²) in [6, 6.07) is 0. The molecule has 1 nitrogen and oxygen atoms in total. The summed E-state index contributed by atoms with van der Waals surface area (Å²) in [6.07, 6.45) is 22.1. The Labute approximate surface area is 99.9 Å². The molecule has 0 spiro atoms. The fourth-order valence-electron chi connectivity index (χ4n) is 1.17. The Morgan fingerprint density at radius 3 is 1.56 bits per heavy atom. The van der Waals surface area contributed by atoms with Crippen LogP contribution in [0.1, 0.15) is 39.0 Å². The molecule has 0 amide bonds. The van der Waals surface area contributed by atoms with Crippen molar-refractivity contribution in [2.45, 2.75) is 39.0 Å². The lowest BCUT2D eigenvalue weighted by molar-refractivity contribution is 0.302. The lowest BCUT2D eigenvalue weighted by atomic mass is 10.2. The van der Waals surface area contributed by atoms with Gasteiger partial charge in [0.25, 0.3) is 0 Å². The lowest BCUT2D eigenvalue weighted by Crippen LogP contribution is -1.74. The van der Waals surface area contributed by atoms with Gasteiger partial charge < -0.3 is 5.11 Å². The highest BCUT2D eigenvalue weighted by molar-refractivity contribution is 4.99. The van der Waals surface area contributed by atoms with Crippen LogP contribution in [-0.2, 0) is 0 Å². The summed E-state index contributed by atoms with van der Waals surface area (Å²) in [4.78, 5) is 0. The topological polar surface area (TPSA) is 20.2 Å². The fraction of sp³-hybridized carbons (Fsp3) is 0.467. The second-order valence-corrected chi connectivity index (χ2v) is 3.51. The van der Waals surface area contributed by atoms with Crippen molar-refractivity contribution in [1.29, 1.82) is 0 Å². The highest BCUT2D eigenvalue weighted by Gasteiger charge is 1.75. The zero-order valence-electron chi connectivity index (χ0n) is 10.3. The smallest absolute Gasteiger partial charge is 0.0465 e. The third-order valence-electron chi connectivity index (χ3n) is 2.01. The van der Waals surface area contributed by atoms with E-state index < -0.39 is 0 Å². The fourth-order valence-corrected chi connectivity index (χ4v) is 1.17. The molecule has 0 bridgehead atoms. The van der Waals surface area contributed by atoms with Gasteiger partial charge in [-0.25, -0.2) is 0 Å². The van der Waals surface area contributed by atoms with Crippen LogP contribution in [0.2, 0.25) is 0 Å². The van der Waals surface area contributed by atoms with Gasteiger partial charge in [0.1, 0.15) is 0 Å². The first-order chi connectivity index (χ1) is 7.91. The molecule has 0 aromatic carbocycles. The molecular formula is C15H24O. The van der Waals surface area contributed by atoms with E-state index in [0.29, 0.717) is 0 Å². The third-order valence-corrected chi connectivity index (χ3v) is 2.01. The summed E-state index contributed by atoms with van der Waals surface area (Å²) in [7, 11) is 0. The van der Waals surface area contributed by atoms with Crippen LogP contribution < -0.4 is 0 Å². The quantitative estimate of drug-likeness (QED) is 0.578. The molecule has 0 atom stereocenters. The first kappa shape index (κ1) is 14.9. The summed E-state index contributed by atoms with van der Waals surface area (Å²) in [5.74, 6) is 0. The van der Waals surface area contributed by atoms with Gasteiger partial charge >= 0.3 is 0 Å². The van der Waals surface area contributed by atoms with E-state index in [4.69, 9.17) is 5.11 Å². The molecule has 0 aliphatic rings. The van der Waals surface area contributed by atoms with E-state index in [2.05, 4.69) is 49.5 Å². The van der Waals surface area contributed by atoms with Crippen LogP contribution in [0.3, 0.4) is 0 Å². The SMILES string of the molecule is CC/C=C/C/C=C/C/C=C/C/C=C/CCO. The Kier molecular flexibility index (Phi) is 13.0. The van der Waals surface area contributed by atoms with Gasteiger partial charge in [-0.1, -0.05) is 55.5 Å². The molecule has 16 heavy (non-hydrogen) atoms. The molecule has 0 aliphatic carbocycles. The molecule has 0 rings (SSSR count). The zero-order valence-corrected chi connectivity index (χ0v) is 10.3. The third kappa shape index (κ3) is 12.9. The van der Waals surface area contributed by atoms with Gasteiger partial charge in [-0.3, -0.25) is 0 Å². The standard InChI is InChI=1S/C15H24O/c1-2-3-4-5-6-7-8-9-10-11-12-13-14-15-16/h3-4,6-7,9-10,12-13,16H,2,5,8,11,14-15H2,1H3/b4-3+,7-6+,10-9+,13-12+. The van der Waals surface area contributed by atoms with Crippen LogP contribution in [0.15, 0.2) is 48.6 Å². The van der Waals surface area contributed by atoms with E-state index in [-0.39, 0.29) is 6.61 Å². The molecule has 90 valence electrons.